The second-order valence-corrected chi connectivity index (χ2v) is 5.36. The third-order valence-electron chi connectivity index (χ3n) is 4.15. The summed E-state index contributed by atoms with van der Waals surface area (Å²) in [5, 5.41) is 3.20. The lowest BCUT2D eigenvalue weighted by molar-refractivity contribution is 0.246. The van der Waals surface area contributed by atoms with Crippen molar-refractivity contribution in [3.8, 4) is 0 Å². The van der Waals surface area contributed by atoms with Gasteiger partial charge in [0.25, 0.3) is 0 Å². The van der Waals surface area contributed by atoms with Crippen molar-refractivity contribution in [3.63, 3.8) is 0 Å². The van der Waals surface area contributed by atoms with Gasteiger partial charge in [-0.25, -0.2) is 4.98 Å². The van der Waals surface area contributed by atoms with E-state index in [1.54, 1.807) is 0 Å². The van der Waals surface area contributed by atoms with Crippen LogP contribution >= 0.6 is 0 Å². The van der Waals surface area contributed by atoms with Crippen molar-refractivity contribution in [3.05, 3.63) is 18.2 Å². The smallest absolute Gasteiger partial charge is 0.0948 e. The van der Waals surface area contributed by atoms with Gasteiger partial charge in [0.05, 0.1) is 12.0 Å². The molecule has 0 radical (unpaired) electrons. The van der Waals surface area contributed by atoms with Crippen LogP contribution in [-0.2, 0) is 13.1 Å². The zero-order valence-corrected chi connectivity index (χ0v) is 11.2. The molecule has 0 amide bonds. The second-order valence-electron chi connectivity index (χ2n) is 5.36. The Kier molecular flexibility index (Phi) is 4.60. The first kappa shape index (κ1) is 12.6. The quantitative estimate of drug-likeness (QED) is 0.850. The summed E-state index contributed by atoms with van der Waals surface area (Å²) < 4.78 is 2.33. The summed E-state index contributed by atoms with van der Waals surface area (Å²) in [5.74, 6) is 1.86. The molecule has 1 heterocycles. The summed E-state index contributed by atoms with van der Waals surface area (Å²) in [6.07, 6.45) is 11.0. The minimum Gasteiger partial charge on any atom is -0.333 e. The summed E-state index contributed by atoms with van der Waals surface area (Å²) in [7, 11) is 1.99. The van der Waals surface area contributed by atoms with Crippen molar-refractivity contribution in [2.75, 3.05) is 7.05 Å². The molecule has 2 rings (SSSR count). The van der Waals surface area contributed by atoms with E-state index in [2.05, 4.69) is 21.8 Å². The fourth-order valence-corrected chi connectivity index (χ4v) is 2.94. The van der Waals surface area contributed by atoms with Crippen LogP contribution in [0.2, 0.25) is 0 Å². The lowest BCUT2D eigenvalue weighted by atomic mass is 9.81. The second kappa shape index (κ2) is 6.20. The minimum atomic E-state index is 0.864. The van der Waals surface area contributed by atoms with E-state index in [4.69, 9.17) is 0 Å². The molecule has 0 saturated heterocycles. The van der Waals surface area contributed by atoms with Crippen LogP contribution < -0.4 is 5.32 Å². The molecule has 1 aliphatic carbocycles. The lowest BCUT2D eigenvalue weighted by Crippen LogP contribution is -2.20. The number of nitrogens with zero attached hydrogens (tertiary/aromatic N) is 2. The Balaban J connectivity index is 1.86. The number of imidazole rings is 1. The zero-order chi connectivity index (χ0) is 12.1. The summed E-state index contributed by atoms with van der Waals surface area (Å²) in [6, 6.07) is 0. The first-order chi connectivity index (χ1) is 8.33. The Morgan fingerprint density at radius 2 is 2.00 bits per heavy atom. The monoisotopic (exact) mass is 235 g/mol. The summed E-state index contributed by atoms with van der Waals surface area (Å²) in [5.41, 5.74) is 1.31. The van der Waals surface area contributed by atoms with Crippen molar-refractivity contribution >= 4 is 0 Å². The first-order valence-electron chi connectivity index (χ1n) is 6.97. The van der Waals surface area contributed by atoms with Crippen LogP contribution in [0.1, 0.15) is 44.7 Å². The molecule has 96 valence electrons. The predicted octanol–water partition coefficient (Wildman–Crippen LogP) is 2.82. The topological polar surface area (TPSA) is 29.9 Å². The molecule has 1 fully saturated rings. The van der Waals surface area contributed by atoms with E-state index in [0.717, 1.165) is 24.9 Å². The molecule has 3 heteroatoms. The molecule has 0 aromatic carbocycles. The molecule has 0 unspecified atom stereocenters. The zero-order valence-electron chi connectivity index (χ0n) is 11.2. The van der Waals surface area contributed by atoms with Gasteiger partial charge in [0.15, 0.2) is 0 Å². The van der Waals surface area contributed by atoms with Gasteiger partial charge >= 0.3 is 0 Å². The molecule has 1 N–H and O–H groups in total. The number of hydrogen-bond donors (Lipinski definition) is 1. The van der Waals surface area contributed by atoms with Crippen molar-refractivity contribution in [2.24, 2.45) is 11.8 Å². The van der Waals surface area contributed by atoms with Crippen LogP contribution in [0, 0.1) is 11.8 Å². The van der Waals surface area contributed by atoms with E-state index in [0.29, 0.717) is 0 Å². The Labute approximate surface area is 105 Å². The average molecular weight is 235 g/mol. The maximum Gasteiger partial charge on any atom is 0.0948 e. The van der Waals surface area contributed by atoms with Gasteiger partial charge in [-0.1, -0.05) is 26.2 Å². The van der Waals surface area contributed by atoms with Crippen molar-refractivity contribution in [2.45, 2.75) is 52.1 Å². The van der Waals surface area contributed by atoms with E-state index in [-0.39, 0.29) is 0 Å². The maximum absolute atomic E-state index is 4.26. The van der Waals surface area contributed by atoms with Gasteiger partial charge in [-0.05, 0) is 31.7 Å². The Morgan fingerprint density at radius 1 is 1.29 bits per heavy atom. The highest BCUT2D eigenvalue weighted by atomic mass is 15.1. The van der Waals surface area contributed by atoms with Crippen LogP contribution in [-0.4, -0.2) is 16.6 Å². The molecule has 0 aliphatic heterocycles. The normalized spacial score (nSPS) is 25.1. The molecular formula is C14H25N3. The van der Waals surface area contributed by atoms with E-state index in [9.17, 15) is 0 Å². The van der Waals surface area contributed by atoms with E-state index < -0.39 is 0 Å². The Bertz CT molecular complexity index is 324. The SMILES string of the molecule is CCC1CCC(Cn2cncc2CNC)CC1. The fraction of sp³-hybridized carbons (Fsp3) is 0.786. The molecule has 0 atom stereocenters. The number of hydrogen-bond acceptors (Lipinski definition) is 2. The summed E-state index contributed by atoms with van der Waals surface area (Å²) in [6.45, 7) is 4.41. The minimum absolute atomic E-state index is 0.864. The fourth-order valence-electron chi connectivity index (χ4n) is 2.94. The third kappa shape index (κ3) is 3.32. The van der Waals surface area contributed by atoms with Gasteiger partial charge in [-0.3, -0.25) is 0 Å². The highest BCUT2D eigenvalue weighted by Gasteiger charge is 2.20. The van der Waals surface area contributed by atoms with Crippen LogP contribution in [0.5, 0.6) is 0 Å². The highest BCUT2D eigenvalue weighted by Crippen LogP contribution is 2.31. The number of nitrogens with one attached hydrogen (secondary N) is 1. The van der Waals surface area contributed by atoms with Gasteiger partial charge in [-0.2, -0.15) is 0 Å². The largest absolute Gasteiger partial charge is 0.333 e. The summed E-state index contributed by atoms with van der Waals surface area (Å²) in [4.78, 5) is 4.26. The molecule has 1 aromatic heterocycles. The van der Waals surface area contributed by atoms with Crippen LogP contribution in [0.4, 0.5) is 0 Å². The van der Waals surface area contributed by atoms with Crippen LogP contribution in [0.25, 0.3) is 0 Å². The molecular weight excluding hydrogens is 210 g/mol. The summed E-state index contributed by atoms with van der Waals surface area (Å²) >= 11 is 0. The van der Waals surface area contributed by atoms with E-state index in [1.165, 1.54) is 37.8 Å². The Morgan fingerprint density at radius 3 is 2.65 bits per heavy atom. The standard InChI is InChI=1S/C14H25N3/c1-3-12-4-6-13(7-5-12)10-17-11-16-9-14(17)8-15-2/h9,11-13,15H,3-8,10H2,1-2H3. The molecule has 1 aliphatic rings. The van der Waals surface area contributed by atoms with Crippen LogP contribution in [0.15, 0.2) is 12.5 Å². The third-order valence-corrected chi connectivity index (χ3v) is 4.15. The van der Waals surface area contributed by atoms with Gasteiger partial charge < -0.3 is 9.88 Å². The van der Waals surface area contributed by atoms with Crippen molar-refractivity contribution < 1.29 is 0 Å². The van der Waals surface area contributed by atoms with Gasteiger partial charge in [0.1, 0.15) is 0 Å². The van der Waals surface area contributed by atoms with E-state index >= 15 is 0 Å². The van der Waals surface area contributed by atoms with Crippen molar-refractivity contribution in [1.82, 2.24) is 14.9 Å². The number of aromatic nitrogens is 2. The lowest BCUT2D eigenvalue weighted by Gasteiger charge is -2.28. The molecule has 17 heavy (non-hydrogen) atoms. The molecule has 1 saturated carbocycles. The maximum atomic E-state index is 4.26. The average Bonchev–Trinajstić information content (AvgIpc) is 2.78. The molecule has 0 bridgehead atoms. The van der Waals surface area contributed by atoms with Gasteiger partial charge in [-0.15, -0.1) is 0 Å². The molecule has 3 nitrogen and oxygen atoms in total. The van der Waals surface area contributed by atoms with Gasteiger partial charge in [0.2, 0.25) is 0 Å². The highest BCUT2D eigenvalue weighted by molar-refractivity contribution is 4.98. The molecule has 0 spiro atoms. The Hall–Kier alpha value is -0.830. The predicted molar refractivity (Wildman–Crippen MR) is 70.7 cm³/mol. The van der Waals surface area contributed by atoms with Gasteiger partial charge in [0, 0.05) is 19.3 Å². The molecule has 1 aromatic rings. The van der Waals surface area contributed by atoms with Crippen molar-refractivity contribution in [1.29, 1.82) is 0 Å². The van der Waals surface area contributed by atoms with Crippen LogP contribution in [0.3, 0.4) is 0 Å². The van der Waals surface area contributed by atoms with E-state index in [1.807, 2.05) is 19.6 Å². The first-order valence-corrected chi connectivity index (χ1v) is 6.97. The number of rotatable bonds is 5.